The molecular weight excluding hydrogens is 172 g/mol. The Kier molecular flexibility index (Phi) is 2.80. The highest BCUT2D eigenvalue weighted by Gasteiger charge is 2.19. The molecule has 0 radical (unpaired) electrons. The number of nitrogens with zero attached hydrogens (tertiary/aromatic N) is 2. The minimum absolute atomic E-state index is 0.512. The molecule has 1 heterocycles. The quantitative estimate of drug-likeness (QED) is 0.715. The van der Waals surface area contributed by atoms with E-state index in [1.165, 1.54) is 31.4 Å². The van der Waals surface area contributed by atoms with Crippen molar-refractivity contribution in [2.24, 2.45) is 0 Å². The molecule has 0 unspecified atom stereocenters. The summed E-state index contributed by atoms with van der Waals surface area (Å²) in [6, 6.07) is 2.03. The lowest BCUT2D eigenvalue weighted by Crippen LogP contribution is -2.03. The molecule has 76 valence electrons. The Balaban J connectivity index is 2.21. The van der Waals surface area contributed by atoms with Gasteiger partial charge in [-0.2, -0.15) is 0 Å². The van der Waals surface area contributed by atoms with Crippen LogP contribution in [0, 0.1) is 0 Å². The van der Waals surface area contributed by atoms with Crippen LogP contribution in [-0.4, -0.2) is 9.97 Å². The zero-order chi connectivity index (χ0) is 9.97. The smallest absolute Gasteiger partial charge is 0.131 e. The molecule has 0 N–H and O–H groups in total. The van der Waals surface area contributed by atoms with Crippen LogP contribution in [-0.2, 0) is 0 Å². The lowest BCUT2D eigenvalue weighted by atomic mass is 10.1. The average Bonchev–Trinajstić information content (AvgIpc) is 2.71. The molecule has 0 atom stereocenters. The first kappa shape index (κ1) is 9.63. The normalized spacial score (nSPS) is 17.9. The van der Waals surface area contributed by atoms with Gasteiger partial charge in [0.1, 0.15) is 5.82 Å². The fraction of sp³-hybridized carbons (Fsp3) is 0.667. The van der Waals surface area contributed by atoms with Crippen LogP contribution in [0.3, 0.4) is 0 Å². The summed E-state index contributed by atoms with van der Waals surface area (Å²) in [4.78, 5) is 9.04. The highest BCUT2D eigenvalue weighted by molar-refractivity contribution is 5.09. The van der Waals surface area contributed by atoms with Crippen molar-refractivity contribution in [1.82, 2.24) is 9.97 Å². The van der Waals surface area contributed by atoms with Gasteiger partial charge in [-0.1, -0.05) is 26.7 Å². The number of hydrogen-bond donors (Lipinski definition) is 0. The van der Waals surface area contributed by atoms with Gasteiger partial charge in [0.25, 0.3) is 0 Å². The molecule has 1 aliphatic carbocycles. The summed E-state index contributed by atoms with van der Waals surface area (Å²) in [5.74, 6) is 2.22. The molecule has 0 bridgehead atoms. The first-order chi connectivity index (χ1) is 6.77. The molecule has 0 amide bonds. The lowest BCUT2D eigenvalue weighted by molar-refractivity contribution is 0.652. The zero-order valence-electron chi connectivity index (χ0n) is 9.03. The summed E-state index contributed by atoms with van der Waals surface area (Å²) in [6.45, 7) is 4.36. The van der Waals surface area contributed by atoms with Crippen LogP contribution < -0.4 is 0 Å². The predicted molar refractivity (Wildman–Crippen MR) is 57.3 cm³/mol. The molecule has 1 aromatic rings. The van der Waals surface area contributed by atoms with E-state index >= 15 is 0 Å². The monoisotopic (exact) mass is 190 g/mol. The summed E-state index contributed by atoms with van der Waals surface area (Å²) < 4.78 is 0. The van der Waals surface area contributed by atoms with E-state index in [4.69, 9.17) is 0 Å². The maximum absolute atomic E-state index is 4.64. The molecule has 1 aliphatic rings. The van der Waals surface area contributed by atoms with Gasteiger partial charge in [-0.25, -0.2) is 9.97 Å². The van der Waals surface area contributed by atoms with E-state index in [2.05, 4.69) is 23.8 Å². The van der Waals surface area contributed by atoms with Gasteiger partial charge in [-0.3, -0.25) is 0 Å². The lowest BCUT2D eigenvalue weighted by Gasteiger charge is -2.10. The van der Waals surface area contributed by atoms with Crippen LogP contribution in [0.4, 0.5) is 0 Å². The Hall–Kier alpha value is -0.920. The van der Waals surface area contributed by atoms with Gasteiger partial charge in [-0.15, -0.1) is 0 Å². The summed E-state index contributed by atoms with van der Waals surface area (Å²) in [7, 11) is 0. The van der Waals surface area contributed by atoms with Gasteiger partial charge >= 0.3 is 0 Å². The third kappa shape index (κ3) is 1.94. The molecule has 1 saturated carbocycles. The average molecular weight is 190 g/mol. The maximum Gasteiger partial charge on any atom is 0.131 e. The molecule has 2 heteroatoms. The highest BCUT2D eigenvalue weighted by Crippen LogP contribution is 2.32. The summed E-state index contributed by atoms with van der Waals surface area (Å²) >= 11 is 0. The molecule has 1 aromatic heterocycles. The summed E-state index contributed by atoms with van der Waals surface area (Å²) in [6.07, 6.45) is 7.17. The van der Waals surface area contributed by atoms with Gasteiger partial charge < -0.3 is 0 Å². The third-order valence-corrected chi connectivity index (χ3v) is 3.01. The second-order valence-electron chi connectivity index (χ2n) is 4.48. The van der Waals surface area contributed by atoms with Crippen molar-refractivity contribution >= 4 is 0 Å². The standard InChI is InChI=1S/C12H18N2/c1-9(2)11-7-8-13-12(14-11)10-5-3-4-6-10/h7-10H,3-6H2,1-2H3. The van der Waals surface area contributed by atoms with Crippen LogP contribution in [0.25, 0.3) is 0 Å². The SMILES string of the molecule is CC(C)c1ccnc(C2CCCC2)n1. The number of rotatable bonds is 2. The van der Waals surface area contributed by atoms with Crippen molar-refractivity contribution in [2.75, 3.05) is 0 Å². The molecule has 2 nitrogen and oxygen atoms in total. The molecular formula is C12H18N2. The van der Waals surface area contributed by atoms with E-state index in [0.717, 1.165) is 5.82 Å². The van der Waals surface area contributed by atoms with Crippen molar-refractivity contribution in [2.45, 2.75) is 51.4 Å². The topological polar surface area (TPSA) is 25.8 Å². The third-order valence-electron chi connectivity index (χ3n) is 3.01. The van der Waals surface area contributed by atoms with E-state index in [9.17, 15) is 0 Å². The van der Waals surface area contributed by atoms with Gasteiger partial charge in [0, 0.05) is 17.8 Å². The Morgan fingerprint density at radius 1 is 1.29 bits per heavy atom. The van der Waals surface area contributed by atoms with Crippen molar-refractivity contribution in [3.63, 3.8) is 0 Å². The highest BCUT2D eigenvalue weighted by atomic mass is 14.9. The Morgan fingerprint density at radius 3 is 2.64 bits per heavy atom. The van der Waals surface area contributed by atoms with Crippen LogP contribution in [0.1, 0.15) is 62.9 Å². The van der Waals surface area contributed by atoms with Gasteiger partial charge in [0.15, 0.2) is 0 Å². The Labute approximate surface area is 85.8 Å². The van der Waals surface area contributed by atoms with Crippen LogP contribution in [0.5, 0.6) is 0 Å². The molecule has 1 fully saturated rings. The molecule has 2 rings (SSSR count). The number of hydrogen-bond acceptors (Lipinski definition) is 2. The van der Waals surface area contributed by atoms with Crippen molar-refractivity contribution < 1.29 is 0 Å². The van der Waals surface area contributed by atoms with E-state index in [-0.39, 0.29) is 0 Å². The van der Waals surface area contributed by atoms with Crippen LogP contribution in [0.2, 0.25) is 0 Å². The van der Waals surface area contributed by atoms with Gasteiger partial charge in [-0.05, 0) is 24.8 Å². The van der Waals surface area contributed by atoms with E-state index in [1.54, 1.807) is 0 Å². The van der Waals surface area contributed by atoms with E-state index in [1.807, 2.05) is 12.3 Å². The fourth-order valence-corrected chi connectivity index (χ4v) is 2.09. The predicted octanol–water partition coefficient (Wildman–Crippen LogP) is 3.26. The molecule has 0 saturated heterocycles. The Morgan fingerprint density at radius 2 is 2.00 bits per heavy atom. The minimum atomic E-state index is 0.512. The number of aromatic nitrogens is 2. The maximum atomic E-state index is 4.64. The summed E-state index contributed by atoms with van der Waals surface area (Å²) in [5.41, 5.74) is 1.18. The fourth-order valence-electron chi connectivity index (χ4n) is 2.09. The second kappa shape index (κ2) is 4.07. The first-order valence-corrected chi connectivity index (χ1v) is 5.60. The van der Waals surface area contributed by atoms with Gasteiger partial charge in [0.05, 0.1) is 0 Å². The molecule has 14 heavy (non-hydrogen) atoms. The Bertz CT molecular complexity index is 301. The zero-order valence-corrected chi connectivity index (χ0v) is 9.03. The van der Waals surface area contributed by atoms with Crippen molar-refractivity contribution in [3.05, 3.63) is 23.8 Å². The summed E-state index contributed by atoms with van der Waals surface area (Å²) in [5, 5.41) is 0. The minimum Gasteiger partial charge on any atom is -0.241 e. The van der Waals surface area contributed by atoms with E-state index < -0.39 is 0 Å². The second-order valence-corrected chi connectivity index (χ2v) is 4.48. The molecule has 0 aliphatic heterocycles. The molecule has 0 aromatic carbocycles. The van der Waals surface area contributed by atoms with Crippen molar-refractivity contribution in [1.29, 1.82) is 0 Å². The van der Waals surface area contributed by atoms with E-state index in [0.29, 0.717) is 11.8 Å². The largest absolute Gasteiger partial charge is 0.241 e. The van der Waals surface area contributed by atoms with Crippen LogP contribution in [0.15, 0.2) is 12.3 Å². The van der Waals surface area contributed by atoms with Gasteiger partial charge in [0.2, 0.25) is 0 Å². The van der Waals surface area contributed by atoms with Crippen LogP contribution >= 0.6 is 0 Å². The molecule has 0 spiro atoms. The first-order valence-electron chi connectivity index (χ1n) is 5.60. The van der Waals surface area contributed by atoms with Crippen molar-refractivity contribution in [3.8, 4) is 0 Å².